The van der Waals surface area contributed by atoms with Crippen LogP contribution in [0.25, 0.3) is 0 Å². The van der Waals surface area contributed by atoms with Gasteiger partial charge >= 0.3 is 0 Å². The smallest absolute Gasteiger partial charge is 0.252 e. The lowest BCUT2D eigenvalue weighted by Crippen LogP contribution is -2.26. The summed E-state index contributed by atoms with van der Waals surface area (Å²) < 4.78 is 5.77. The van der Waals surface area contributed by atoms with Crippen molar-refractivity contribution in [3.63, 3.8) is 0 Å². The van der Waals surface area contributed by atoms with E-state index < -0.39 is 0 Å². The fourth-order valence-electron chi connectivity index (χ4n) is 2.52. The fourth-order valence-corrected chi connectivity index (χ4v) is 3.36. The van der Waals surface area contributed by atoms with Crippen molar-refractivity contribution in [3.05, 3.63) is 102 Å². The van der Waals surface area contributed by atoms with Gasteiger partial charge in [0.15, 0.2) is 0 Å². The molecule has 0 heterocycles. The molecule has 1 atom stereocenters. The molecule has 0 aliphatic heterocycles. The lowest BCUT2D eigenvalue weighted by Gasteiger charge is -2.09. The van der Waals surface area contributed by atoms with Crippen LogP contribution >= 0.6 is 11.8 Å². The fraction of sp³-hybridized carbons (Fsp3) is 0.167. The summed E-state index contributed by atoms with van der Waals surface area (Å²) in [7, 11) is 0. The van der Waals surface area contributed by atoms with Crippen molar-refractivity contribution in [3.8, 4) is 5.75 Å². The molecule has 0 saturated carbocycles. The van der Waals surface area contributed by atoms with Gasteiger partial charge < -0.3 is 4.74 Å². The number of hydrogen-bond acceptors (Lipinski definition) is 4. The SMILES string of the molecule is CC(SCc1ccccc1)C(=O)N/N=C/c1ccc(OCc2ccccc2)cc1. The predicted molar refractivity (Wildman–Crippen MR) is 120 cm³/mol. The number of carbonyl (C=O) groups is 1. The van der Waals surface area contributed by atoms with Crippen LogP contribution in [0.4, 0.5) is 0 Å². The van der Waals surface area contributed by atoms with E-state index in [0.29, 0.717) is 6.61 Å². The van der Waals surface area contributed by atoms with E-state index in [9.17, 15) is 4.79 Å². The number of carbonyl (C=O) groups excluding carboxylic acids is 1. The molecule has 3 aromatic rings. The van der Waals surface area contributed by atoms with Gasteiger partial charge in [-0.15, -0.1) is 11.8 Å². The topological polar surface area (TPSA) is 50.7 Å². The normalized spacial score (nSPS) is 11.9. The van der Waals surface area contributed by atoms with Gasteiger partial charge in [-0.25, -0.2) is 5.43 Å². The number of nitrogens with zero attached hydrogens (tertiary/aromatic N) is 1. The molecule has 1 amide bonds. The molecule has 4 nitrogen and oxygen atoms in total. The molecule has 5 heteroatoms. The van der Waals surface area contributed by atoms with Crippen molar-refractivity contribution in [2.75, 3.05) is 0 Å². The first-order valence-corrected chi connectivity index (χ1v) is 10.5. The minimum atomic E-state index is -0.180. The summed E-state index contributed by atoms with van der Waals surface area (Å²) in [5, 5.41) is 3.88. The Bertz CT molecular complexity index is 913. The van der Waals surface area contributed by atoms with Gasteiger partial charge in [0.25, 0.3) is 5.91 Å². The zero-order valence-electron chi connectivity index (χ0n) is 16.3. The molecule has 0 aliphatic rings. The standard InChI is InChI=1S/C24H24N2O2S/c1-19(29-18-22-10-6-3-7-11-22)24(27)26-25-16-20-12-14-23(15-13-20)28-17-21-8-4-2-5-9-21/h2-16,19H,17-18H2,1H3,(H,26,27)/b25-16+. The Balaban J connectivity index is 1.41. The summed E-state index contributed by atoms with van der Waals surface area (Å²) in [6, 6.07) is 27.7. The minimum absolute atomic E-state index is 0.106. The monoisotopic (exact) mass is 404 g/mol. The van der Waals surface area contributed by atoms with Gasteiger partial charge in [0.05, 0.1) is 11.5 Å². The van der Waals surface area contributed by atoms with E-state index in [1.807, 2.05) is 79.7 Å². The zero-order chi connectivity index (χ0) is 20.3. The second-order valence-corrected chi connectivity index (χ2v) is 7.85. The summed E-state index contributed by atoms with van der Waals surface area (Å²) in [5.41, 5.74) is 5.83. The highest BCUT2D eigenvalue weighted by Gasteiger charge is 2.12. The van der Waals surface area contributed by atoms with Crippen LogP contribution in [0.3, 0.4) is 0 Å². The minimum Gasteiger partial charge on any atom is -0.489 e. The molecular weight excluding hydrogens is 380 g/mol. The van der Waals surface area contributed by atoms with Crippen LogP contribution in [-0.2, 0) is 17.2 Å². The Morgan fingerprint density at radius 2 is 1.59 bits per heavy atom. The highest BCUT2D eigenvalue weighted by Crippen LogP contribution is 2.17. The van der Waals surface area contributed by atoms with Gasteiger partial charge in [-0.2, -0.15) is 5.10 Å². The molecule has 0 saturated heterocycles. The van der Waals surface area contributed by atoms with Gasteiger partial charge in [0.1, 0.15) is 12.4 Å². The number of thioether (sulfide) groups is 1. The zero-order valence-corrected chi connectivity index (χ0v) is 17.1. The average Bonchev–Trinajstić information content (AvgIpc) is 2.78. The summed E-state index contributed by atoms with van der Waals surface area (Å²) in [6.07, 6.45) is 1.63. The molecule has 0 bridgehead atoms. The number of nitrogens with one attached hydrogen (secondary N) is 1. The summed E-state index contributed by atoms with van der Waals surface area (Å²) in [6.45, 7) is 2.42. The summed E-state index contributed by atoms with van der Waals surface area (Å²) in [5.74, 6) is 1.48. The second kappa shape index (κ2) is 11.1. The first kappa shape index (κ1) is 20.7. The Labute approximate surface area is 176 Å². The van der Waals surface area contributed by atoms with Crippen molar-refractivity contribution in [1.82, 2.24) is 5.43 Å². The van der Waals surface area contributed by atoms with Gasteiger partial charge in [-0.05, 0) is 47.9 Å². The number of ether oxygens (including phenoxy) is 1. The lowest BCUT2D eigenvalue weighted by molar-refractivity contribution is -0.120. The Kier molecular flexibility index (Phi) is 7.90. The van der Waals surface area contributed by atoms with E-state index in [4.69, 9.17) is 4.74 Å². The van der Waals surface area contributed by atoms with Gasteiger partial charge in [0.2, 0.25) is 0 Å². The maximum absolute atomic E-state index is 12.2. The number of hydrazone groups is 1. The third kappa shape index (κ3) is 7.12. The van der Waals surface area contributed by atoms with Crippen LogP contribution in [0, 0.1) is 0 Å². The molecule has 148 valence electrons. The first-order valence-electron chi connectivity index (χ1n) is 9.46. The van der Waals surface area contributed by atoms with Crippen molar-refractivity contribution >= 4 is 23.9 Å². The van der Waals surface area contributed by atoms with E-state index in [1.54, 1.807) is 18.0 Å². The molecule has 0 aromatic heterocycles. The molecule has 1 unspecified atom stereocenters. The molecule has 3 aromatic carbocycles. The van der Waals surface area contributed by atoms with E-state index in [2.05, 4.69) is 22.7 Å². The number of rotatable bonds is 9. The Morgan fingerprint density at radius 3 is 2.24 bits per heavy atom. The highest BCUT2D eigenvalue weighted by molar-refractivity contribution is 7.99. The van der Waals surface area contributed by atoms with E-state index in [0.717, 1.165) is 22.6 Å². The molecule has 0 fully saturated rings. The Hall–Kier alpha value is -3.05. The quantitative estimate of drug-likeness (QED) is 0.402. The van der Waals surface area contributed by atoms with Crippen LogP contribution in [-0.4, -0.2) is 17.4 Å². The molecular formula is C24H24N2O2S. The van der Waals surface area contributed by atoms with Crippen molar-refractivity contribution in [2.24, 2.45) is 5.10 Å². The summed E-state index contributed by atoms with van der Waals surface area (Å²) in [4.78, 5) is 12.2. The molecule has 0 aliphatic carbocycles. The van der Waals surface area contributed by atoms with Crippen LogP contribution < -0.4 is 10.2 Å². The molecule has 0 spiro atoms. The molecule has 3 rings (SSSR count). The summed E-state index contributed by atoms with van der Waals surface area (Å²) >= 11 is 1.59. The van der Waals surface area contributed by atoms with Crippen LogP contribution in [0.2, 0.25) is 0 Å². The van der Waals surface area contributed by atoms with E-state index in [-0.39, 0.29) is 11.2 Å². The maximum atomic E-state index is 12.2. The number of benzene rings is 3. The predicted octanol–water partition coefficient (Wildman–Crippen LogP) is 5.04. The molecule has 29 heavy (non-hydrogen) atoms. The maximum Gasteiger partial charge on any atom is 0.252 e. The Morgan fingerprint density at radius 1 is 0.966 bits per heavy atom. The van der Waals surface area contributed by atoms with Crippen molar-refractivity contribution in [1.29, 1.82) is 0 Å². The average molecular weight is 405 g/mol. The van der Waals surface area contributed by atoms with E-state index in [1.165, 1.54) is 5.56 Å². The van der Waals surface area contributed by atoms with Crippen LogP contribution in [0.15, 0.2) is 90.0 Å². The second-order valence-electron chi connectivity index (χ2n) is 6.52. The third-order valence-corrected chi connectivity index (χ3v) is 5.44. The van der Waals surface area contributed by atoms with Crippen LogP contribution in [0.5, 0.6) is 5.75 Å². The lowest BCUT2D eigenvalue weighted by atomic mass is 10.2. The first-order chi connectivity index (χ1) is 14.2. The molecule has 0 radical (unpaired) electrons. The largest absolute Gasteiger partial charge is 0.489 e. The van der Waals surface area contributed by atoms with Gasteiger partial charge in [-0.1, -0.05) is 60.7 Å². The van der Waals surface area contributed by atoms with Gasteiger partial charge in [0, 0.05) is 5.75 Å². The highest BCUT2D eigenvalue weighted by atomic mass is 32.2. The number of hydrogen-bond donors (Lipinski definition) is 1. The van der Waals surface area contributed by atoms with Gasteiger partial charge in [-0.3, -0.25) is 4.79 Å². The van der Waals surface area contributed by atoms with Crippen molar-refractivity contribution in [2.45, 2.75) is 24.5 Å². The van der Waals surface area contributed by atoms with Crippen LogP contribution in [0.1, 0.15) is 23.6 Å². The van der Waals surface area contributed by atoms with E-state index >= 15 is 0 Å². The molecule has 1 N–H and O–H groups in total. The number of amides is 1. The van der Waals surface area contributed by atoms with Crippen molar-refractivity contribution < 1.29 is 9.53 Å². The third-order valence-electron chi connectivity index (χ3n) is 4.23.